The maximum atomic E-state index is 12.4. The second kappa shape index (κ2) is 6.91. The molecule has 1 N–H and O–H groups in total. The van der Waals surface area contributed by atoms with Crippen LogP contribution in [-0.2, 0) is 9.53 Å². The van der Waals surface area contributed by atoms with Gasteiger partial charge in [0.2, 0.25) is 5.91 Å². The van der Waals surface area contributed by atoms with Gasteiger partial charge in [0, 0.05) is 13.2 Å². The number of nitrogens with zero attached hydrogens (tertiary/aromatic N) is 1. The van der Waals surface area contributed by atoms with Crippen LogP contribution in [0.1, 0.15) is 57.8 Å². The third kappa shape index (κ3) is 3.70. The lowest BCUT2D eigenvalue weighted by molar-refractivity contribution is -0.129. The summed E-state index contributed by atoms with van der Waals surface area (Å²) >= 11 is 0. The molecule has 106 valence electrons. The quantitative estimate of drug-likeness (QED) is 0.797. The van der Waals surface area contributed by atoms with Crippen LogP contribution >= 0.6 is 0 Å². The van der Waals surface area contributed by atoms with Crippen molar-refractivity contribution in [3.63, 3.8) is 0 Å². The Hall–Kier alpha value is -1.08. The molecule has 2 aliphatic rings. The van der Waals surface area contributed by atoms with Gasteiger partial charge in [0.05, 0.1) is 12.2 Å². The van der Waals surface area contributed by atoms with Crippen LogP contribution in [-0.4, -0.2) is 25.2 Å². The van der Waals surface area contributed by atoms with Crippen LogP contribution in [0.5, 0.6) is 0 Å². The van der Waals surface area contributed by atoms with Crippen molar-refractivity contribution < 1.29 is 9.53 Å². The molecule has 4 heteroatoms. The van der Waals surface area contributed by atoms with Crippen LogP contribution in [0.25, 0.3) is 0 Å². The number of amides is 1. The standard InChI is InChI=1S/C15H24N2O2/c16-12-15(8-4-1-2-5-9-15)14(18)17-11-13-7-3-6-10-19-13/h13H,1-11H2,(H,17,18). The molecule has 1 unspecified atom stereocenters. The second-order valence-corrected chi connectivity index (χ2v) is 5.81. The van der Waals surface area contributed by atoms with Gasteiger partial charge in [-0.25, -0.2) is 0 Å². The van der Waals surface area contributed by atoms with Crippen molar-refractivity contribution in [3.05, 3.63) is 0 Å². The molecule has 1 saturated carbocycles. The highest BCUT2D eigenvalue weighted by Gasteiger charge is 2.38. The molecule has 0 aromatic heterocycles. The maximum absolute atomic E-state index is 12.4. The third-order valence-corrected chi connectivity index (χ3v) is 4.37. The Balaban J connectivity index is 1.87. The number of ether oxygens (including phenoxy) is 1. The highest BCUT2D eigenvalue weighted by atomic mass is 16.5. The fourth-order valence-electron chi connectivity index (χ4n) is 3.07. The first-order chi connectivity index (χ1) is 9.27. The van der Waals surface area contributed by atoms with E-state index in [1.807, 2.05) is 0 Å². The number of hydrogen-bond acceptors (Lipinski definition) is 3. The zero-order valence-electron chi connectivity index (χ0n) is 11.6. The van der Waals surface area contributed by atoms with Crippen LogP contribution in [0, 0.1) is 16.7 Å². The van der Waals surface area contributed by atoms with Gasteiger partial charge in [-0.15, -0.1) is 0 Å². The van der Waals surface area contributed by atoms with Gasteiger partial charge in [0.25, 0.3) is 0 Å². The first-order valence-electron chi connectivity index (χ1n) is 7.58. The van der Waals surface area contributed by atoms with E-state index in [9.17, 15) is 10.1 Å². The fraction of sp³-hybridized carbons (Fsp3) is 0.867. The molecule has 1 aliphatic heterocycles. The average molecular weight is 264 g/mol. The summed E-state index contributed by atoms with van der Waals surface area (Å²) in [5.41, 5.74) is -0.787. The van der Waals surface area contributed by atoms with Crippen molar-refractivity contribution in [2.24, 2.45) is 5.41 Å². The van der Waals surface area contributed by atoms with Gasteiger partial charge in [-0.2, -0.15) is 5.26 Å². The summed E-state index contributed by atoms with van der Waals surface area (Å²) in [4.78, 5) is 12.4. The first kappa shape index (κ1) is 14.3. The lowest BCUT2D eigenvalue weighted by Crippen LogP contribution is -2.44. The number of nitrogens with one attached hydrogen (secondary N) is 1. The van der Waals surface area contributed by atoms with Crippen LogP contribution in [0.3, 0.4) is 0 Å². The minimum Gasteiger partial charge on any atom is -0.376 e. The Labute approximate surface area is 115 Å². The fourth-order valence-corrected chi connectivity index (χ4v) is 3.07. The summed E-state index contributed by atoms with van der Waals surface area (Å²) in [5.74, 6) is -0.0777. The van der Waals surface area contributed by atoms with Gasteiger partial charge < -0.3 is 10.1 Å². The summed E-state index contributed by atoms with van der Waals surface area (Å²) in [6, 6.07) is 2.29. The van der Waals surface area contributed by atoms with E-state index in [1.54, 1.807) is 0 Å². The van der Waals surface area contributed by atoms with Gasteiger partial charge in [0.15, 0.2) is 0 Å². The molecule has 0 radical (unpaired) electrons. The lowest BCUT2D eigenvalue weighted by atomic mass is 9.81. The van der Waals surface area contributed by atoms with Crippen LogP contribution in [0.15, 0.2) is 0 Å². The highest BCUT2D eigenvalue weighted by Crippen LogP contribution is 2.34. The molecule has 0 aromatic carbocycles. The molecule has 2 rings (SSSR count). The minimum absolute atomic E-state index is 0.0777. The molecule has 1 aliphatic carbocycles. The third-order valence-electron chi connectivity index (χ3n) is 4.37. The van der Waals surface area contributed by atoms with E-state index in [1.165, 1.54) is 6.42 Å². The molecule has 4 nitrogen and oxygen atoms in total. The van der Waals surface area contributed by atoms with Crippen molar-refractivity contribution in [2.75, 3.05) is 13.2 Å². The van der Waals surface area contributed by atoms with Gasteiger partial charge >= 0.3 is 0 Å². The summed E-state index contributed by atoms with van der Waals surface area (Å²) < 4.78 is 5.61. The predicted molar refractivity (Wildman–Crippen MR) is 72.3 cm³/mol. The molecule has 0 bridgehead atoms. The van der Waals surface area contributed by atoms with Gasteiger partial charge in [-0.05, 0) is 32.1 Å². The molecule has 1 amide bonds. The first-order valence-corrected chi connectivity index (χ1v) is 7.58. The monoisotopic (exact) mass is 264 g/mol. The van der Waals surface area contributed by atoms with Gasteiger partial charge in [0.1, 0.15) is 5.41 Å². The zero-order valence-corrected chi connectivity index (χ0v) is 11.6. The van der Waals surface area contributed by atoms with E-state index in [2.05, 4.69) is 11.4 Å². The smallest absolute Gasteiger partial charge is 0.240 e. The van der Waals surface area contributed by atoms with Gasteiger partial charge in [-0.3, -0.25) is 4.79 Å². The van der Waals surface area contributed by atoms with E-state index >= 15 is 0 Å². The highest BCUT2D eigenvalue weighted by molar-refractivity contribution is 5.85. The number of rotatable bonds is 3. The van der Waals surface area contributed by atoms with E-state index < -0.39 is 5.41 Å². The van der Waals surface area contributed by atoms with Crippen molar-refractivity contribution in [1.29, 1.82) is 5.26 Å². The molecule has 0 spiro atoms. The zero-order chi connectivity index (χ0) is 13.6. The number of carbonyl (C=O) groups is 1. The lowest BCUT2D eigenvalue weighted by Gasteiger charge is -2.27. The Morgan fingerprint density at radius 1 is 1.21 bits per heavy atom. The number of carbonyl (C=O) groups excluding carboxylic acids is 1. The molecular formula is C15H24N2O2. The molecule has 0 aromatic rings. The van der Waals surface area contributed by atoms with Crippen LogP contribution < -0.4 is 5.32 Å². The molecule has 1 saturated heterocycles. The maximum Gasteiger partial charge on any atom is 0.240 e. The molecular weight excluding hydrogens is 240 g/mol. The van der Waals surface area contributed by atoms with E-state index in [-0.39, 0.29) is 12.0 Å². The largest absolute Gasteiger partial charge is 0.376 e. The Kier molecular flexibility index (Phi) is 5.21. The Morgan fingerprint density at radius 2 is 1.95 bits per heavy atom. The van der Waals surface area contributed by atoms with Crippen molar-refractivity contribution >= 4 is 5.91 Å². The number of nitriles is 1. The van der Waals surface area contributed by atoms with Crippen LogP contribution in [0.2, 0.25) is 0 Å². The van der Waals surface area contributed by atoms with Crippen molar-refractivity contribution in [3.8, 4) is 6.07 Å². The summed E-state index contributed by atoms with van der Waals surface area (Å²) in [6.45, 7) is 1.35. The SMILES string of the molecule is N#CC1(C(=O)NCC2CCCCO2)CCCCCC1. The molecule has 1 atom stereocenters. The Morgan fingerprint density at radius 3 is 2.53 bits per heavy atom. The van der Waals surface area contributed by atoms with E-state index in [0.29, 0.717) is 19.4 Å². The summed E-state index contributed by atoms with van der Waals surface area (Å²) in [6.07, 6.45) is 9.12. The van der Waals surface area contributed by atoms with Crippen molar-refractivity contribution in [2.45, 2.75) is 63.9 Å². The van der Waals surface area contributed by atoms with Crippen molar-refractivity contribution in [1.82, 2.24) is 5.32 Å². The molecule has 1 heterocycles. The van der Waals surface area contributed by atoms with E-state index in [4.69, 9.17) is 4.74 Å². The molecule has 19 heavy (non-hydrogen) atoms. The normalized spacial score (nSPS) is 27.0. The summed E-state index contributed by atoms with van der Waals surface area (Å²) in [7, 11) is 0. The second-order valence-electron chi connectivity index (χ2n) is 5.81. The average Bonchev–Trinajstić information content (AvgIpc) is 2.72. The van der Waals surface area contributed by atoms with E-state index in [0.717, 1.165) is 45.1 Å². The minimum atomic E-state index is -0.787. The summed E-state index contributed by atoms with van der Waals surface area (Å²) in [5, 5.41) is 12.4. The molecule has 2 fully saturated rings. The number of hydrogen-bond donors (Lipinski definition) is 1. The van der Waals surface area contributed by atoms with Crippen LogP contribution in [0.4, 0.5) is 0 Å². The van der Waals surface area contributed by atoms with Gasteiger partial charge in [-0.1, -0.05) is 25.7 Å². The predicted octanol–water partition coefficient (Wildman–Crippen LogP) is 2.54. The Bertz CT molecular complexity index is 335. The topological polar surface area (TPSA) is 62.1 Å².